The van der Waals surface area contributed by atoms with Crippen LogP contribution in [-0.2, 0) is 9.53 Å². The number of allylic oxidation sites excluding steroid dienone is 2. The molecule has 1 saturated carbocycles. The van der Waals surface area contributed by atoms with E-state index >= 15 is 0 Å². The van der Waals surface area contributed by atoms with Gasteiger partial charge in [-0.3, -0.25) is 4.79 Å². The Hall–Kier alpha value is -0.790. The molecule has 0 heterocycles. The third kappa shape index (κ3) is 3.83. The Balaban J connectivity index is 2.11. The van der Waals surface area contributed by atoms with E-state index < -0.39 is 0 Å². The summed E-state index contributed by atoms with van der Waals surface area (Å²) in [6, 6.07) is 0. The number of methoxy groups -OCH3 is 1. The van der Waals surface area contributed by atoms with Gasteiger partial charge in [-0.05, 0) is 68.1 Å². The van der Waals surface area contributed by atoms with Gasteiger partial charge in [-0.1, -0.05) is 45.3 Å². The maximum absolute atomic E-state index is 11.5. The van der Waals surface area contributed by atoms with E-state index in [1.54, 1.807) is 11.1 Å². The first-order chi connectivity index (χ1) is 10.7. The fraction of sp³-hybridized carbons (Fsp3) is 0.857. The topological polar surface area (TPSA) is 26.3 Å². The van der Waals surface area contributed by atoms with Crippen molar-refractivity contribution in [2.24, 2.45) is 22.7 Å². The van der Waals surface area contributed by atoms with Crippen molar-refractivity contribution in [3.63, 3.8) is 0 Å². The highest BCUT2D eigenvalue weighted by Crippen LogP contribution is 2.60. The van der Waals surface area contributed by atoms with Crippen LogP contribution < -0.4 is 0 Å². The lowest BCUT2D eigenvalue weighted by molar-refractivity contribution is -0.141. The molecule has 1 fully saturated rings. The minimum Gasteiger partial charge on any atom is -0.469 e. The molecule has 132 valence electrons. The highest BCUT2D eigenvalue weighted by atomic mass is 16.5. The standard InChI is InChI=1S/C21H36O2/c1-15(14-19(22)23-6)8-10-17-16(2)9-11-18-20(3,4)12-7-13-21(17,18)5/h15,18H,7-14H2,1-6H3. The molecule has 0 aliphatic heterocycles. The van der Waals surface area contributed by atoms with Crippen LogP contribution in [-0.4, -0.2) is 13.1 Å². The number of carbonyl (C=O) groups is 1. The molecular formula is C21H36O2. The highest BCUT2D eigenvalue weighted by Gasteiger charge is 2.49. The number of fused-ring (bicyclic) bond motifs is 1. The van der Waals surface area contributed by atoms with E-state index in [0.717, 1.165) is 18.8 Å². The minimum atomic E-state index is -0.0743. The van der Waals surface area contributed by atoms with Crippen LogP contribution in [0, 0.1) is 22.7 Å². The zero-order valence-corrected chi connectivity index (χ0v) is 16.1. The molecule has 3 unspecified atom stereocenters. The number of hydrogen-bond acceptors (Lipinski definition) is 2. The van der Waals surface area contributed by atoms with E-state index in [-0.39, 0.29) is 5.97 Å². The zero-order valence-electron chi connectivity index (χ0n) is 16.1. The quantitative estimate of drug-likeness (QED) is 0.465. The largest absolute Gasteiger partial charge is 0.469 e. The summed E-state index contributed by atoms with van der Waals surface area (Å²) >= 11 is 0. The van der Waals surface area contributed by atoms with E-state index in [2.05, 4.69) is 34.6 Å². The average Bonchev–Trinajstić information content (AvgIpc) is 2.45. The summed E-state index contributed by atoms with van der Waals surface area (Å²) in [5.41, 5.74) is 4.20. The Bertz CT molecular complexity index is 474. The molecule has 2 aliphatic rings. The number of esters is 1. The maximum atomic E-state index is 11.5. The van der Waals surface area contributed by atoms with Gasteiger partial charge < -0.3 is 4.74 Å². The van der Waals surface area contributed by atoms with Crippen LogP contribution in [0.3, 0.4) is 0 Å². The van der Waals surface area contributed by atoms with Crippen LogP contribution in [0.25, 0.3) is 0 Å². The van der Waals surface area contributed by atoms with E-state index in [1.807, 2.05) is 0 Å². The molecule has 0 aromatic carbocycles. The average molecular weight is 321 g/mol. The van der Waals surface area contributed by atoms with E-state index in [9.17, 15) is 4.79 Å². The normalized spacial score (nSPS) is 31.5. The van der Waals surface area contributed by atoms with Gasteiger partial charge in [0.25, 0.3) is 0 Å². The second kappa shape index (κ2) is 6.99. The Kier molecular flexibility index (Phi) is 5.63. The number of ether oxygens (including phenoxy) is 1. The van der Waals surface area contributed by atoms with E-state index in [1.165, 1.54) is 39.2 Å². The van der Waals surface area contributed by atoms with Crippen molar-refractivity contribution < 1.29 is 9.53 Å². The Morgan fingerprint density at radius 2 is 2.00 bits per heavy atom. The summed E-state index contributed by atoms with van der Waals surface area (Å²) in [6.45, 7) is 12.0. The van der Waals surface area contributed by atoms with Gasteiger partial charge in [0.2, 0.25) is 0 Å². The summed E-state index contributed by atoms with van der Waals surface area (Å²) < 4.78 is 4.82. The van der Waals surface area contributed by atoms with Gasteiger partial charge >= 0.3 is 5.97 Å². The molecule has 2 heteroatoms. The Morgan fingerprint density at radius 3 is 2.65 bits per heavy atom. The van der Waals surface area contributed by atoms with Gasteiger partial charge in [0.05, 0.1) is 7.11 Å². The molecule has 2 rings (SSSR count). The second-order valence-corrected chi connectivity index (χ2v) is 9.03. The van der Waals surface area contributed by atoms with Crippen LogP contribution in [0.1, 0.15) is 86.0 Å². The van der Waals surface area contributed by atoms with Crippen LogP contribution in [0.2, 0.25) is 0 Å². The summed E-state index contributed by atoms with van der Waals surface area (Å²) in [6.07, 6.45) is 9.51. The van der Waals surface area contributed by atoms with Crippen molar-refractivity contribution in [3.05, 3.63) is 11.1 Å². The smallest absolute Gasteiger partial charge is 0.305 e. The fourth-order valence-corrected chi connectivity index (χ4v) is 5.55. The molecule has 0 saturated heterocycles. The Morgan fingerprint density at radius 1 is 1.30 bits per heavy atom. The van der Waals surface area contributed by atoms with Gasteiger partial charge in [0.15, 0.2) is 0 Å². The van der Waals surface area contributed by atoms with Crippen molar-refractivity contribution in [2.45, 2.75) is 86.0 Å². The first-order valence-electron chi connectivity index (χ1n) is 9.46. The van der Waals surface area contributed by atoms with E-state index in [0.29, 0.717) is 23.2 Å². The lowest BCUT2D eigenvalue weighted by Gasteiger charge is -2.55. The molecule has 3 atom stereocenters. The van der Waals surface area contributed by atoms with Gasteiger partial charge in [-0.25, -0.2) is 0 Å². The van der Waals surface area contributed by atoms with Gasteiger partial charge in [-0.15, -0.1) is 0 Å². The number of carbonyl (C=O) groups excluding carboxylic acids is 1. The molecular weight excluding hydrogens is 284 g/mol. The molecule has 0 spiro atoms. The zero-order chi connectivity index (χ0) is 17.3. The predicted octanol–water partition coefficient (Wildman–Crippen LogP) is 5.91. The molecule has 0 bridgehead atoms. The summed E-state index contributed by atoms with van der Waals surface area (Å²) in [4.78, 5) is 11.5. The maximum Gasteiger partial charge on any atom is 0.305 e. The third-order valence-corrected chi connectivity index (χ3v) is 6.87. The highest BCUT2D eigenvalue weighted by molar-refractivity contribution is 5.69. The fourth-order valence-electron chi connectivity index (χ4n) is 5.55. The second-order valence-electron chi connectivity index (χ2n) is 9.03. The van der Waals surface area contributed by atoms with Crippen LogP contribution in [0.5, 0.6) is 0 Å². The first kappa shape index (κ1) is 18.5. The summed E-state index contributed by atoms with van der Waals surface area (Å²) in [5.74, 6) is 1.15. The predicted molar refractivity (Wildman–Crippen MR) is 96.2 cm³/mol. The molecule has 0 amide bonds. The van der Waals surface area contributed by atoms with E-state index in [4.69, 9.17) is 4.74 Å². The Labute approximate surface area is 143 Å². The molecule has 0 N–H and O–H groups in total. The lowest BCUT2D eigenvalue weighted by Crippen LogP contribution is -2.45. The van der Waals surface area contributed by atoms with Crippen LogP contribution in [0.15, 0.2) is 11.1 Å². The van der Waals surface area contributed by atoms with Gasteiger partial charge in [-0.2, -0.15) is 0 Å². The van der Waals surface area contributed by atoms with Crippen molar-refractivity contribution >= 4 is 5.97 Å². The lowest BCUT2D eigenvalue weighted by atomic mass is 9.50. The molecule has 0 aromatic heterocycles. The van der Waals surface area contributed by atoms with Gasteiger partial charge in [0.1, 0.15) is 0 Å². The number of rotatable bonds is 5. The van der Waals surface area contributed by atoms with Crippen LogP contribution in [0.4, 0.5) is 0 Å². The monoisotopic (exact) mass is 320 g/mol. The van der Waals surface area contributed by atoms with Crippen molar-refractivity contribution in [1.29, 1.82) is 0 Å². The van der Waals surface area contributed by atoms with Crippen molar-refractivity contribution in [1.82, 2.24) is 0 Å². The first-order valence-corrected chi connectivity index (χ1v) is 9.46. The SMILES string of the molecule is COC(=O)CC(C)CCC1=C(C)CCC2C(C)(C)CCCC12C. The molecule has 2 aliphatic carbocycles. The molecule has 2 nitrogen and oxygen atoms in total. The summed E-state index contributed by atoms with van der Waals surface area (Å²) in [5, 5.41) is 0. The molecule has 23 heavy (non-hydrogen) atoms. The van der Waals surface area contributed by atoms with Crippen molar-refractivity contribution in [3.8, 4) is 0 Å². The summed E-state index contributed by atoms with van der Waals surface area (Å²) in [7, 11) is 1.48. The van der Waals surface area contributed by atoms with Gasteiger partial charge in [0, 0.05) is 6.42 Å². The van der Waals surface area contributed by atoms with Crippen LogP contribution >= 0.6 is 0 Å². The molecule has 0 radical (unpaired) electrons. The number of hydrogen-bond donors (Lipinski definition) is 0. The molecule has 0 aromatic rings. The third-order valence-electron chi connectivity index (χ3n) is 6.87. The van der Waals surface area contributed by atoms with Crippen molar-refractivity contribution in [2.75, 3.05) is 7.11 Å². The minimum absolute atomic E-state index is 0.0743.